The molecular weight excluding hydrogens is 329 g/mol. The van der Waals surface area contributed by atoms with E-state index in [1.165, 1.54) is 28.6 Å². The van der Waals surface area contributed by atoms with Crippen molar-refractivity contribution in [3.05, 3.63) is 41.5 Å². The van der Waals surface area contributed by atoms with Crippen LogP contribution in [-0.2, 0) is 16.8 Å². The predicted octanol–water partition coefficient (Wildman–Crippen LogP) is 2.18. The van der Waals surface area contributed by atoms with Gasteiger partial charge in [-0.05, 0) is 17.7 Å². The average Bonchev–Trinajstić information content (AvgIpc) is 2.88. The van der Waals surface area contributed by atoms with Crippen molar-refractivity contribution in [2.24, 2.45) is 0 Å². The van der Waals surface area contributed by atoms with Crippen LogP contribution in [0.25, 0.3) is 0 Å². The lowest BCUT2D eigenvalue weighted by molar-refractivity contribution is -0.127. The summed E-state index contributed by atoms with van der Waals surface area (Å²) in [7, 11) is 1.71. The summed E-state index contributed by atoms with van der Waals surface area (Å²) >= 11 is 1.25. The van der Waals surface area contributed by atoms with Crippen molar-refractivity contribution in [3.8, 4) is 0 Å². The molecule has 1 aromatic carbocycles. The normalized spacial score (nSPS) is 11.5. The van der Waals surface area contributed by atoms with Gasteiger partial charge in [0.15, 0.2) is 5.82 Å². The molecule has 0 unspecified atom stereocenters. The Morgan fingerprint density at radius 3 is 2.46 bits per heavy atom. The molecule has 0 atom stereocenters. The fourth-order valence-electron chi connectivity index (χ4n) is 2.08. The third-order valence-electron chi connectivity index (χ3n) is 3.42. The molecule has 0 aliphatic rings. The summed E-state index contributed by atoms with van der Waals surface area (Å²) < 4.78 is 14.3. The Bertz CT molecular complexity index is 708. The lowest BCUT2D eigenvalue weighted by Crippen LogP contribution is -2.28. The van der Waals surface area contributed by atoms with Crippen LogP contribution >= 0.6 is 11.8 Å². The SMILES string of the molecule is CN(Cc1ccc(F)cc1)C(=O)CSc1nnc(C(C)(C)C)n1N. The van der Waals surface area contributed by atoms with Crippen LogP contribution < -0.4 is 5.84 Å². The van der Waals surface area contributed by atoms with Crippen LogP contribution in [0.15, 0.2) is 29.4 Å². The zero-order valence-corrected chi connectivity index (χ0v) is 15.1. The van der Waals surface area contributed by atoms with E-state index >= 15 is 0 Å². The molecule has 0 spiro atoms. The second-order valence-electron chi connectivity index (χ2n) is 6.59. The van der Waals surface area contributed by atoms with E-state index in [1.54, 1.807) is 24.1 Å². The molecule has 1 heterocycles. The van der Waals surface area contributed by atoms with Crippen molar-refractivity contribution in [2.75, 3.05) is 18.6 Å². The molecule has 1 aromatic heterocycles. The highest BCUT2D eigenvalue weighted by atomic mass is 32.2. The minimum atomic E-state index is -0.291. The van der Waals surface area contributed by atoms with Gasteiger partial charge in [0.1, 0.15) is 5.82 Å². The van der Waals surface area contributed by atoms with E-state index in [4.69, 9.17) is 5.84 Å². The van der Waals surface area contributed by atoms with E-state index in [1.807, 2.05) is 20.8 Å². The number of nitrogens with zero attached hydrogens (tertiary/aromatic N) is 4. The molecule has 0 aliphatic carbocycles. The summed E-state index contributed by atoms with van der Waals surface area (Å²) in [5.41, 5.74) is 0.651. The van der Waals surface area contributed by atoms with Crippen LogP contribution in [0, 0.1) is 5.82 Å². The zero-order valence-electron chi connectivity index (χ0n) is 14.3. The maximum Gasteiger partial charge on any atom is 0.233 e. The predicted molar refractivity (Wildman–Crippen MR) is 92.5 cm³/mol. The molecule has 2 N–H and O–H groups in total. The molecule has 24 heavy (non-hydrogen) atoms. The molecule has 0 bridgehead atoms. The van der Waals surface area contributed by atoms with Crippen molar-refractivity contribution in [1.82, 2.24) is 19.8 Å². The van der Waals surface area contributed by atoms with Gasteiger partial charge in [-0.2, -0.15) is 0 Å². The number of amides is 1. The van der Waals surface area contributed by atoms with Crippen molar-refractivity contribution >= 4 is 17.7 Å². The van der Waals surface area contributed by atoms with Crippen LogP contribution in [0.5, 0.6) is 0 Å². The number of nitrogen functional groups attached to an aromatic ring is 1. The van der Waals surface area contributed by atoms with Crippen molar-refractivity contribution in [1.29, 1.82) is 0 Å². The Kier molecular flexibility index (Phi) is 5.48. The van der Waals surface area contributed by atoms with Crippen LogP contribution in [-0.4, -0.2) is 38.5 Å². The topological polar surface area (TPSA) is 77.0 Å². The molecular formula is C16H22FN5OS. The summed E-state index contributed by atoms with van der Waals surface area (Å²) in [5.74, 6) is 6.51. The van der Waals surface area contributed by atoms with E-state index in [-0.39, 0.29) is 22.9 Å². The minimum Gasteiger partial charge on any atom is -0.341 e. The molecule has 130 valence electrons. The smallest absolute Gasteiger partial charge is 0.233 e. The lowest BCUT2D eigenvalue weighted by atomic mass is 9.96. The number of hydrogen-bond acceptors (Lipinski definition) is 5. The standard InChI is InChI=1S/C16H22FN5OS/c1-16(2,3)14-19-20-15(22(14)18)24-10-13(23)21(4)9-11-5-7-12(17)8-6-11/h5-8H,9-10,18H2,1-4H3. The number of carbonyl (C=O) groups is 1. The van der Waals surface area contributed by atoms with Gasteiger partial charge in [-0.1, -0.05) is 44.7 Å². The van der Waals surface area contributed by atoms with Gasteiger partial charge in [-0.25, -0.2) is 9.07 Å². The highest BCUT2D eigenvalue weighted by Gasteiger charge is 2.23. The number of halogens is 1. The number of hydrogen-bond donors (Lipinski definition) is 1. The van der Waals surface area contributed by atoms with E-state index < -0.39 is 0 Å². The first kappa shape index (κ1) is 18.3. The van der Waals surface area contributed by atoms with Crippen LogP contribution in [0.1, 0.15) is 32.2 Å². The molecule has 2 aromatic rings. The molecule has 0 saturated carbocycles. The lowest BCUT2D eigenvalue weighted by Gasteiger charge is -2.18. The number of rotatable bonds is 5. The number of aromatic nitrogens is 3. The van der Waals surface area contributed by atoms with Gasteiger partial charge in [0.05, 0.1) is 5.75 Å². The maximum absolute atomic E-state index is 12.9. The Labute approximate surface area is 145 Å². The Balaban J connectivity index is 1.93. The summed E-state index contributed by atoms with van der Waals surface area (Å²) in [6.45, 7) is 6.41. The maximum atomic E-state index is 12.9. The number of benzene rings is 1. The first-order valence-corrected chi connectivity index (χ1v) is 8.49. The number of carbonyl (C=O) groups excluding carboxylic acids is 1. The summed E-state index contributed by atoms with van der Waals surface area (Å²) in [6.07, 6.45) is 0. The van der Waals surface area contributed by atoms with Crippen LogP contribution in [0.2, 0.25) is 0 Å². The first-order valence-electron chi connectivity index (χ1n) is 7.50. The Morgan fingerprint density at radius 1 is 1.29 bits per heavy atom. The number of nitrogens with two attached hydrogens (primary N) is 1. The van der Waals surface area contributed by atoms with Crippen molar-refractivity contribution < 1.29 is 9.18 Å². The van der Waals surface area contributed by atoms with E-state index in [2.05, 4.69) is 10.2 Å². The monoisotopic (exact) mass is 351 g/mol. The zero-order chi connectivity index (χ0) is 17.9. The molecule has 0 saturated heterocycles. The fraction of sp³-hybridized carbons (Fsp3) is 0.438. The molecule has 0 radical (unpaired) electrons. The fourth-order valence-corrected chi connectivity index (χ4v) is 2.87. The molecule has 0 aliphatic heterocycles. The van der Waals surface area contributed by atoms with Crippen molar-refractivity contribution in [3.63, 3.8) is 0 Å². The van der Waals surface area contributed by atoms with Crippen molar-refractivity contribution in [2.45, 2.75) is 37.9 Å². The minimum absolute atomic E-state index is 0.0652. The Hall–Kier alpha value is -2.09. The van der Waals surface area contributed by atoms with Gasteiger partial charge in [0.25, 0.3) is 0 Å². The van der Waals surface area contributed by atoms with E-state index in [9.17, 15) is 9.18 Å². The molecule has 2 rings (SSSR count). The van der Waals surface area contributed by atoms with Gasteiger partial charge < -0.3 is 10.7 Å². The first-order chi connectivity index (χ1) is 11.2. The van der Waals surface area contributed by atoms with Gasteiger partial charge >= 0.3 is 0 Å². The summed E-state index contributed by atoms with van der Waals surface area (Å²) in [5, 5.41) is 8.64. The second kappa shape index (κ2) is 7.21. The van der Waals surface area contributed by atoms with Crippen LogP contribution in [0.4, 0.5) is 4.39 Å². The number of thioether (sulfide) groups is 1. The molecule has 8 heteroatoms. The van der Waals surface area contributed by atoms with Gasteiger partial charge in [-0.3, -0.25) is 4.79 Å². The second-order valence-corrected chi connectivity index (χ2v) is 7.53. The van der Waals surface area contributed by atoms with Gasteiger partial charge in [0, 0.05) is 19.0 Å². The van der Waals surface area contributed by atoms with Gasteiger partial charge in [0.2, 0.25) is 11.1 Å². The highest BCUT2D eigenvalue weighted by Crippen LogP contribution is 2.23. The van der Waals surface area contributed by atoms with E-state index in [0.29, 0.717) is 17.5 Å². The average molecular weight is 351 g/mol. The third-order valence-corrected chi connectivity index (χ3v) is 4.35. The summed E-state index contributed by atoms with van der Waals surface area (Å²) in [6, 6.07) is 6.09. The quantitative estimate of drug-likeness (QED) is 0.660. The molecule has 6 nitrogen and oxygen atoms in total. The largest absolute Gasteiger partial charge is 0.341 e. The van der Waals surface area contributed by atoms with Gasteiger partial charge in [-0.15, -0.1) is 10.2 Å². The summed E-state index contributed by atoms with van der Waals surface area (Å²) in [4.78, 5) is 13.8. The van der Waals surface area contributed by atoms with Crippen LogP contribution in [0.3, 0.4) is 0 Å². The van der Waals surface area contributed by atoms with E-state index in [0.717, 1.165) is 5.56 Å². The molecule has 1 amide bonds. The molecule has 0 fully saturated rings. The highest BCUT2D eigenvalue weighted by molar-refractivity contribution is 7.99. The third kappa shape index (κ3) is 4.47. The Morgan fingerprint density at radius 2 is 1.92 bits per heavy atom.